The second-order valence-electron chi connectivity index (χ2n) is 6.83. The molecule has 0 bridgehead atoms. The molecule has 0 atom stereocenters. The van der Waals surface area contributed by atoms with E-state index in [1.54, 1.807) is 0 Å². The van der Waals surface area contributed by atoms with E-state index in [4.69, 9.17) is 5.11 Å². The molecule has 1 aliphatic carbocycles. The number of hydrogen-bond acceptors (Lipinski definition) is 3. The van der Waals surface area contributed by atoms with Crippen LogP contribution in [-0.4, -0.2) is 51.1 Å². The van der Waals surface area contributed by atoms with Gasteiger partial charge in [0.1, 0.15) is 0 Å². The summed E-state index contributed by atoms with van der Waals surface area (Å²) in [6.07, 6.45) is 4.55. The predicted molar refractivity (Wildman–Crippen MR) is 84.7 cm³/mol. The zero-order valence-electron chi connectivity index (χ0n) is 13.0. The summed E-state index contributed by atoms with van der Waals surface area (Å²) in [4.78, 5) is 25.5. The molecule has 0 radical (unpaired) electrons. The topological polar surface area (TPSA) is 69.6 Å². The van der Waals surface area contributed by atoms with Gasteiger partial charge in [-0.25, -0.2) is 4.79 Å². The smallest absolute Gasteiger partial charge is 0.317 e. The number of carbonyl (C=O) groups excluding carboxylic acids is 1. The molecule has 1 saturated heterocycles. The van der Waals surface area contributed by atoms with E-state index >= 15 is 0 Å². The monoisotopic (exact) mass is 314 g/mol. The van der Waals surface area contributed by atoms with Gasteiger partial charge in [-0.05, 0) is 19.3 Å². The molecule has 0 unspecified atom stereocenters. The molecular formula is C15H26N2O3S. The van der Waals surface area contributed by atoms with Crippen LogP contribution >= 0.6 is 11.8 Å². The Morgan fingerprint density at radius 1 is 1.19 bits per heavy atom. The first kappa shape index (κ1) is 16.5. The average molecular weight is 314 g/mol. The Morgan fingerprint density at radius 2 is 1.86 bits per heavy atom. The Morgan fingerprint density at radius 3 is 2.48 bits per heavy atom. The first-order valence-electron chi connectivity index (χ1n) is 7.75. The molecule has 1 heterocycles. The average Bonchev–Trinajstić information content (AvgIpc) is 2.71. The first-order chi connectivity index (χ1) is 9.82. The summed E-state index contributed by atoms with van der Waals surface area (Å²) in [7, 11) is 0. The summed E-state index contributed by atoms with van der Waals surface area (Å²) in [5.41, 5.74) is -0.530. The lowest BCUT2D eigenvalue weighted by Gasteiger charge is -2.32. The molecule has 0 spiro atoms. The first-order valence-corrected chi connectivity index (χ1v) is 8.73. The van der Waals surface area contributed by atoms with Crippen LogP contribution in [0, 0.1) is 0 Å². The molecule has 2 rings (SSSR count). The molecule has 1 aliphatic heterocycles. The number of carboxylic acid groups (broad SMARTS) is 1. The summed E-state index contributed by atoms with van der Waals surface area (Å²) >= 11 is 1.90. The number of hydrogen-bond donors (Lipinski definition) is 2. The zero-order chi connectivity index (χ0) is 15.5. The molecule has 2 amide bonds. The maximum Gasteiger partial charge on any atom is 0.317 e. The fourth-order valence-corrected chi connectivity index (χ4v) is 4.32. The second-order valence-corrected chi connectivity index (χ2v) is 8.64. The van der Waals surface area contributed by atoms with Crippen molar-refractivity contribution in [2.24, 2.45) is 0 Å². The molecule has 2 aliphatic rings. The largest absolute Gasteiger partial charge is 0.481 e. The quantitative estimate of drug-likeness (QED) is 0.840. The van der Waals surface area contributed by atoms with Crippen LogP contribution in [0.15, 0.2) is 0 Å². The van der Waals surface area contributed by atoms with Crippen LogP contribution in [0.4, 0.5) is 4.79 Å². The van der Waals surface area contributed by atoms with E-state index < -0.39 is 11.5 Å². The minimum atomic E-state index is -0.829. The van der Waals surface area contributed by atoms with Crippen LogP contribution in [0.25, 0.3) is 0 Å². The Bertz CT molecular complexity index is 406. The van der Waals surface area contributed by atoms with Gasteiger partial charge in [-0.2, -0.15) is 11.8 Å². The van der Waals surface area contributed by atoms with Crippen molar-refractivity contribution in [3.05, 3.63) is 0 Å². The highest BCUT2D eigenvalue weighted by molar-refractivity contribution is 8.00. The minimum absolute atomic E-state index is 0.0345. The molecule has 0 aromatic heterocycles. The molecule has 6 heteroatoms. The number of amides is 2. The number of carbonyl (C=O) groups is 2. The van der Waals surface area contributed by atoms with Gasteiger partial charge < -0.3 is 15.3 Å². The minimum Gasteiger partial charge on any atom is -0.481 e. The highest BCUT2D eigenvalue weighted by Gasteiger charge is 2.38. The summed E-state index contributed by atoms with van der Waals surface area (Å²) in [5, 5.41) is 12.2. The summed E-state index contributed by atoms with van der Waals surface area (Å²) in [5.74, 6) is 0.108. The van der Waals surface area contributed by atoms with Crippen molar-refractivity contribution < 1.29 is 14.7 Å². The molecule has 21 heavy (non-hydrogen) atoms. The summed E-state index contributed by atoms with van der Waals surface area (Å²) in [6, 6.07) is -0.0866. The highest BCUT2D eigenvalue weighted by Crippen LogP contribution is 2.34. The van der Waals surface area contributed by atoms with Crippen LogP contribution in [0.1, 0.15) is 52.4 Å². The van der Waals surface area contributed by atoms with E-state index in [1.807, 2.05) is 16.7 Å². The third-order valence-electron chi connectivity index (χ3n) is 4.55. The van der Waals surface area contributed by atoms with Crippen molar-refractivity contribution in [1.82, 2.24) is 10.2 Å². The van der Waals surface area contributed by atoms with Gasteiger partial charge >= 0.3 is 12.0 Å². The Balaban J connectivity index is 1.97. The molecule has 120 valence electrons. The number of thioether (sulfide) groups is 1. The van der Waals surface area contributed by atoms with E-state index in [0.29, 0.717) is 0 Å². The Labute approximate surface area is 130 Å². The normalized spacial score (nSPS) is 24.4. The molecule has 5 nitrogen and oxygen atoms in total. The van der Waals surface area contributed by atoms with Crippen molar-refractivity contribution in [3.8, 4) is 0 Å². The van der Waals surface area contributed by atoms with Crippen molar-refractivity contribution >= 4 is 23.8 Å². The van der Waals surface area contributed by atoms with Gasteiger partial charge in [0.05, 0.1) is 12.0 Å². The Kier molecular flexibility index (Phi) is 5.07. The van der Waals surface area contributed by atoms with Crippen LogP contribution in [0.2, 0.25) is 0 Å². The molecule has 2 N–H and O–H groups in total. The second kappa shape index (κ2) is 6.46. The summed E-state index contributed by atoms with van der Waals surface area (Å²) < 4.78 is 0.209. The van der Waals surface area contributed by atoms with Gasteiger partial charge in [0.25, 0.3) is 0 Å². The maximum atomic E-state index is 12.5. The van der Waals surface area contributed by atoms with E-state index in [0.717, 1.165) is 50.9 Å². The van der Waals surface area contributed by atoms with Crippen molar-refractivity contribution in [3.63, 3.8) is 0 Å². The fourth-order valence-electron chi connectivity index (χ4n) is 3.22. The molecule has 1 saturated carbocycles. The third-order valence-corrected chi connectivity index (χ3v) is 5.92. The fraction of sp³-hybridized carbons (Fsp3) is 0.867. The predicted octanol–water partition coefficient (Wildman–Crippen LogP) is 2.70. The van der Waals surface area contributed by atoms with Crippen molar-refractivity contribution in [2.45, 2.75) is 62.7 Å². The van der Waals surface area contributed by atoms with Crippen LogP contribution in [-0.2, 0) is 4.79 Å². The standard InChI is InChI=1S/C15H26N2O3S/c1-14(2)7-8-17(9-10-21-14)13(20)16-15(11-12(18)19)5-3-4-6-15/h3-11H2,1-2H3,(H,16,20)(H,18,19). The summed E-state index contributed by atoms with van der Waals surface area (Å²) in [6.45, 7) is 5.90. The SMILES string of the molecule is CC1(C)CCN(C(=O)NC2(CC(=O)O)CCCC2)CCS1. The lowest BCUT2D eigenvalue weighted by atomic mass is 9.93. The number of nitrogens with one attached hydrogen (secondary N) is 1. The molecular weight excluding hydrogens is 288 g/mol. The lowest BCUT2D eigenvalue weighted by molar-refractivity contribution is -0.138. The van der Waals surface area contributed by atoms with Gasteiger partial charge in [0.2, 0.25) is 0 Å². The molecule has 2 fully saturated rings. The van der Waals surface area contributed by atoms with Crippen molar-refractivity contribution in [2.75, 3.05) is 18.8 Å². The van der Waals surface area contributed by atoms with Gasteiger partial charge in [-0.15, -0.1) is 0 Å². The van der Waals surface area contributed by atoms with E-state index in [-0.39, 0.29) is 17.2 Å². The highest BCUT2D eigenvalue weighted by atomic mass is 32.2. The molecule has 0 aromatic carbocycles. The van der Waals surface area contributed by atoms with Gasteiger partial charge in [0, 0.05) is 23.6 Å². The number of urea groups is 1. The number of rotatable bonds is 3. The number of aliphatic carboxylic acids is 1. The van der Waals surface area contributed by atoms with Crippen LogP contribution in [0.5, 0.6) is 0 Å². The lowest BCUT2D eigenvalue weighted by Crippen LogP contribution is -2.53. The molecule has 0 aromatic rings. The van der Waals surface area contributed by atoms with Gasteiger partial charge in [-0.3, -0.25) is 4.79 Å². The van der Waals surface area contributed by atoms with E-state index in [2.05, 4.69) is 19.2 Å². The van der Waals surface area contributed by atoms with Crippen molar-refractivity contribution in [1.29, 1.82) is 0 Å². The number of nitrogens with zero attached hydrogens (tertiary/aromatic N) is 1. The maximum absolute atomic E-state index is 12.5. The van der Waals surface area contributed by atoms with Gasteiger partial charge in [-0.1, -0.05) is 26.7 Å². The number of carboxylic acids is 1. The van der Waals surface area contributed by atoms with Crippen LogP contribution < -0.4 is 5.32 Å². The van der Waals surface area contributed by atoms with Gasteiger partial charge in [0.15, 0.2) is 0 Å². The van der Waals surface area contributed by atoms with E-state index in [9.17, 15) is 9.59 Å². The zero-order valence-corrected chi connectivity index (χ0v) is 13.8. The van der Waals surface area contributed by atoms with Crippen LogP contribution in [0.3, 0.4) is 0 Å². The Hall–Kier alpha value is -0.910. The van der Waals surface area contributed by atoms with E-state index in [1.165, 1.54) is 0 Å². The third kappa shape index (κ3) is 4.53.